The van der Waals surface area contributed by atoms with Crippen molar-refractivity contribution in [1.82, 2.24) is 10.6 Å². The van der Waals surface area contributed by atoms with E-state index in [1.165, 1.54) is 12.8 Å². The second-order valence-corrected chi connectivity index (χ2v) is 4.35. The highest BCUT2D eigenvalue weighted by Crippen LogP contribution is 2.39. The van der Waals surface area contributed by atoms with E-state index in [2.05, 4.69) is 24.5 Å². The van der Waals surface area contributed by atoms with Crippen molar-refractivity contribution in [2.75, 3.05) is 13.1 Å². The van der Waals surface area contributed by atoms with Crippen LogP contribution >= 0.6 is 0 Å². The van der Waals surface area contributed by atoms with Crippen LogP contribution in [0.1, 0.15) is 26.7 Å². The Labute approximate surface area is 68.7 Å². The van der Waals surface area contributed by atoms with Gasteiger partial charge in [0.15, 0.2) is 0 Å². The second kappa shape index (κ2) is 2.46. The van der Waals surface area contributed by atoms with Crippen LogP contribution in [0.15, 0.2) is 0 Å². The molecule has 64 valence electrons. The first kappa shape index (κ1) is 7.56. The zero-order chi connectivity index (χ0) is 7.90. The number of hydrogen-bond donors (Lipinski definition) is 2. The molecule has 1 aliphatic carbocycles. The molecule has 11 heavy (non-hydrogen) atoms. The molecular weight excluding hydrogens is 136 g/mol. The van der Waals surface area contributed by atoms with Crippen molar-refractivity contribution < 1.29 is 0 Å². The van der Waals surface area contributed by atoms with E-state index < -0.39 is 0 Å². The fourth-order valence-corrected chi connectivity index (χ4v) is 1.92. The molecular formula is C9H18N2. The summed E-state index contributed by atoms with van der Waals surface area (Å²) in [5.74, 6) is 0.947. The van der Waals surface area contributed by atoms with Crippen LogP contribution in [0.5, 0.6) is 0 Å². The lowest BCUT2D eigenvalue weighted by molar-refractivity contribution is 0.232. The minimum atomic E-state index is 0.409. The van der Waals surface area contributed by atoms with E-state index >= 15 is 0 Å². The molecule has 0 aromatic heterocycles. The van der Waals surface area contributed by atoms with Crippen molar-refractivity contribution >= 4 is 0 Å². The predicted octanol–water partition coefficient (Wildman–Crippen LogP) is 0.736. The van der Waals surface area contributed by atoms with Crippen molar-refractivity contribution in [3.8, 4) is 0 Å². The van der Waals surface area contributed by atoms with Gasteiger partial charge in [-0.1, -0.05) is 0 Å². The Morgan fingerprint density at radius 3 is 2.55 bits per heavy atom. The Hall–Kier alpha value is -0.0800. The van der Waals surface area contributed by atoms with E-state index in [1.807, 2.05) is 0 Å². The lowest BCUT2D eigenvalue weighted by atomic mass is 9.93. The summed E-state index contributed by atoms with van der Waals surface area (Å²) >= 11 is 0. The van der Waals surface area contributed by atoms with E-state index in [9.17, 15) is 0 Å². The fraction of sp³-hybridized carbons (Fsp3) is 1.00. The minimum Gasteiger partial charge on any atom is -0.311 e. The average Bonchev–Trinajstić information content (AvgIpc) is 2.77. The Bertz CT molecular complexity index is 144. The first-order chi connectivity index (χ1) is 5.21. The predicted molar refractivity (Wildman–Crippen MR) is 46.6 cm³/mol. The molecule has 2 unspecified atom stereocenters. The monoisotopic (exact) mass is 154 g/mol. The molecule has 2 fully saturated rings. The van der Waals surface area contributed by atoms with Crippen LogP contribution in [-0.2, 0) is 0 Å². The summed E-state index contributed by atoms with van der Waals surface area (Å²) in [6.45, 7) is 6.87. The molecule has 0 amide bonds. The largest absolute Gasteiger partial charge is 0.311 e. The molecule has 0 bridgehead atoms. The first-order valence-electron chi connectivity index (χ1n) is 4.69. The summed E-state index contributed by atoms with van der Waals surface area (Å²) in [4.78, 5) is 0. The summed E-state index contributed by atoms with van der Waals surface area (Å²) in [5.41, 5.74) is 0.409. The van der Waals surface area contributed by atoms with Crippen molar-refractivity contribution in [2.24, 2.45) is 5.92 Å². The molecule has 0 aromatic rings. The quantitative estimate of drug-likeness (QED) is 0.582. The maximum Gasteiger partial charge on any atom is 0.0306 e. The number of nitrogens with one attached hydrogen (secondary N) is 2. The lowest BCUT2D eigenvalue weighted by Crippen LogP contribution is -2.61. The Morgan fingerprint density at radius 2 is 2.09 bits per heavy atom. The van der Waals surface area contributed by atoms with Gasteiger partial charge in [0.1, 0.15) is 0 Å². The van der Waals surface area contributed by atoms with Gasteiger partial charge in [0.25, 0.3) is 0 Å². The summed E-state index contributed by atoms with van der Waals surface area (Å²) in [7, 11) is 0. The van der Waals surface area contributed by atoms with Crippen molar-refractivity contribution in [1.29, 1.82) is 0 Å². The molecule has 2 aliphatic rings. The normalized spacial score (nSPS) is 45.8. The van der Waals surface area contributed by atoms with Crippen molar-refractivity contribution in [3.63, 3.8) is 0 Å². The average molecular weight is 154 g/mol. The van der Waals surface area contributed by atoms with Gasteiger partial charge in [-0.3, -0.25) is 0 Å². The van der Waals surface area contributed by atoms with Gasteiger partial charge in [-0.25, -0.2) is 0 Å². The van der Waals surface area contributed by atoms with E-state index in [4.69, 9.17) is 0 Å². The van der Waals surface area contributed by atoms with Gasteiger partial charge < -0.3 is 10.6 Å². The third-order valence-corrected chi connectivity index (χ3v) is 3.11. The van der Waals surface area contributed by atoms with Crippen LogP contribution in [0.3, 0.4) is 0 Å². The summed E-state index contributed by atoms with van der Waals surface area (Å²) in [6.07, 6.45) is 2.86. The maximum absolute atomic E-state index is 3.64. The van der Waals surface area contributed by atoms with Crippen molar-refractivity contribution in [3.05, 3.63) is 0 Å². The zero-order valence-corrected chi connectivity index (χ0v) is 7.48. The van der Waals surface area contributed by atoms with Gasteiger partial charge in [0.05, 0.1) is 0 Å². The SMILES string of the molecule is CC1CNC(C)(C2CC2)CN1. The topological polar surface area (TPSA) is 24.1 Å². The Kier molecular flexibility index (Phi) is 1.69. The van der Waals surface area contributed by atoms with Crippen LogP contribution in [0.2, 0.25) is 0 Å². The first-order valence-corrected chi connectivity index (χ1v) is 4.69. The van der Waals surface area contributed by atoms with Crippen LogP contribution in [0.25, 0.3) is 0 Å². The van der Waals surface area contributed by atoms with Gasteiger partial charge in [-0.05, 0) is 32.6 Å². The molecule has 2 atom stereocenters. The highest BCUT2D eigenvalue weighted by Gasteiger charge is 2.42. The maximum atomic E-state index is 3.64. The second-order valence-electron chi connectivity index (χ2n) is 4.35. The van der Waals surface area contributed by atoms with Gasteiger partial charge in [-0.15, -0.1) is 0 Å². The van der Waals surface area contributed by atoms with E-state index in [0.29, 0.717) is 11.6 Å². The zero-order valence-electron chi connectivity index (χ0n) is 7.48. The van der Waals surface area contributed by atoms with Gasteiger partial charge >= 0.3 is 0 Å². The summed E-state index contributed by atoms with van der Waals surface area (Å²) in [6, 6.07) is 0.654. The van der Waals surface area contributed by atoms with Crippen LogP contribution in [0, 0.1) is 5.92 Å². The van der Waals surface area contributed by atoms with Crippen LogP contribution < -0.4 is 10.6 Å². The Morgan fingerprint density at radius 1 is 1.36 bits per heavy atom. The Balaban J connectivity index is 1.93. The number of rotatable bonds is 1. The standard InChI is InChI=1S/C9H18N2/c1-7-5-11-9(2,6-10-7)8-3-4-8/h7-8,10-11H,3-6H2,1-2H3. The number of piperazine rings is 1. The summed E-state index contributed by atoms with van der Waals surface area (Å²) < 4.78 is 0. The third kappa shape index (κ3) is 1.42. The van der Waals surface area contributed by atoms with Crippen LogP contribution in [0.4, 0.5) is 0 Å². The minimum absolute atomic E-state index is 0.409. The molecule has 1 saturated heterocycles. The van der Waals surface area contributed by atoms with E-state index in [1.54, 1.807) is 0 Å². The molecule has 2 nitrogen and oxygen atoms in total. The molecule has 1 heterocycles. The highest BCUT2D eigenvalue weighted by molar-refractivity contribution is 5.02. The third-order valence-electron chi connectivity index (χ3n) is 3.11. The lowest BCUT2D eigenvalue weighted by Gasteiger charge is -2.38. The molecule has 2 rings (SSSR count). The molecule has 0 aromatic carbocycles. The van der Waals surface area contributed by atoms with Gasteiger partial charge in [0.2, 0.25) is 0 Å². The van der Waals surface area contributed by atoms with E-state index in [0.717, 1.165) is 19.0 Å². The van der Waals surface area contributed by atoms with E-state index in [-0.39, 0.29) is 0 Å². The smallest absolute Gasteiger partial charge is 0.0306 e. The number of hydrogen-bond acceptors (Lipinski definition) is 2. The fourth-order valence-electron chi connectivity index (χ4n) is 1.92. The molecule has 2 N–H and O–H groups in total. The van der Waals surface area contributed by atoms with Crippen molar-refractivity contribution in [2.45, 2.75) is 38.3 Å². The van der Waals surface area contributed by atoms with Gasteiger partial charge in [-0.2, -0.15) is 0 Å². The highest BCUT2D eigenvalue weighted by atomic mass is 15.1. The summed E-state index contributed by atoms with van der Waals surface area (Å²) in [5, 5.41) is 7.18. The van der Waals surface area contributed by atoms with Gasteiger partial charge in [0, 0.05) is 24.7 Å². The molecule has 1 aliphatic heterocycles. The molecule has 0 spiro atoms. The molecule has 1 saturated carbocycles. The molecule has 2 heteroatoms. The molecule has 0 radical (unpaired) electrons. The van der Waals surface area contributed by atoms with Crippen LogP contribution in [-0.4, -0.2) is 24.7 Å².